The summed E-state index contributed by atoms with van der Waals surface area (Å²) in [7, 11) is 0. The zero-order chi connectivity index (χ0) is 16.6. The van der Waals surface area contributed by atoms with E-state index in [1.807, 2.05) is 13.0 Å². The molecule has 3 rings (SSSR count). The number of benzene rings is 1. The van der Waals surface area contributed by atoms with Gasteiger partial charge in [0, 0.05) is 37.1 Å². The minimum Gasteiger partial charge on any atom is -0.391 e. The summed E-state index contributed by atoms with van der Waals surface area (Å²) in [5.74, 6) is 0.475. The minimum absolute atomic E-state index is 0.0749. The van der Waals surface area contributed by atoms with Crippen LogP contribution in [0.15, 0.2) is 28.8 Å². The summed E-state index contributed by atoms with van der Waals surface area (Å²) in [6.45, 7) is 2.59. The van der Waals surface area contributed by atoms with Gasteiger partial charge < -0.3 is 14.5 Å². The number of amides is 1. The highest BCUT2D eigenvalue weighted by atomic mass is 35.5. The van der Waals surface area contributed by atoms with Crippen molar-refractivity contribution >= 4 is 29.1 Å². The average Bonchev–Trinajstić information content (AvgIpc) is 3.08. The van der Waals surface area contributed by atoms with Crippen molar-refractivity contribution in [3.63, 3.8) is 0 Å². The van der Waals surface area contributed by atoms with Gasteiger partial charge in [0.2, 0.25) is 0 Å². The Balaban J connectivity index is 1.69. The summed E-state index contributed by atoms with van der Waals surface area (Å²) in [6.07, 6.45) is -0.0419. The average molecular weight is 355 g/mol. The third-order valence-electron chi connectivity index (χ3n) is 4.00. The van der Waals surface area contributed by atoms with Gasteiger partial charge in [-0.25, -0.2) is 0 Å². The molecule has 0 spiro atoms. The number of likely N-dealkylation sites (tertiary alicyclic amines) is 1. The molecular weight excluding hydrogens is 339 g/mol. The van der Waals surface area contributed by atoms with Gasteiger partial charge in [-0.2, -0.15) is 0 Å². The van der Waals surface area contributed by atoms with Gasteiger partial charge in [-0.05, 0) is 25.1 Å². The van der Waals surface area contributed by atoms with E-state index in [4.69, 9.17) is 27.7 Å². The Morgan fingerprint density at radius 1 is 1.35 bits per heavy atom. The lowest BCUT2D eigenvalue weighted by Gasteiger charge is -2.16. The van der Waals surface area contributed by atoms with Gasteiger partial charge in [0.15, 0.2) is 0 Å². The zero-order valence-electron chi connectivity index (χ0n) is 12.5. The molecule has 2 atom stereocenters. The Morgan fingerprint density at radius 2 is 2.13 bits per heavy atom. The van der Waals surface area contributed by atoms with E-state index in [9.17, 15) is 9.90 Å². The van der Waals surface area contributed by atoms with Gasteiger partial charge in [-0.15, -0.1) is 0 Å². The first-order chi connectivity index (χ1) is 10.9. The molecule has 0 unspecified atom stereocenters. The predicted octanol–water partition coefficient (Wildman–Crippen LogP) is 2.97. The number of carbonyl (C=O) groups is 1. The van der Waals surface area contributed by atoms with E-state index in [0.29, 0.717) is 28.6 Å². The quantitative estimate of drug-likeness (QED) is 0.919. The molecule has 2 aromatic rings. The van der Waals surface area contributed by atoms with Crippen LogP contribution in [0.4, 0.5) is 0 Å². The highest BCUT2D eigenvalue weighted by molar-refractivity contribution is 6.42. The molecular formula is C16H16Cl2N2O3. The van der Waals surface area contributed by atoms with Gasteiger partial charge in [0.1, 0.15) is 5.76 Å². The fourth-order valence-corrected chi connectivity index (χ4v) is 3.10. The maximum absolute atomic E-state index is 12.5. The largest absolute Gasteiger partial charge is 0.391 e. The van der Waals surface area contributed by atoms with E-state index >= 15 is 0 Å². The molecule has 1 aliphatic heterocycles. The molecule has 1 aromatic carbocycles. The van der Waals surface area contributed by atoms with Crippen molar-refractivity contribution in [2.45, 2.75) is 19.4 Å². The second-order valence-electron chi connectivity index (χ2n) is 5.81. The van der Waals surface area contributed by atoms with E-state index in [0.717, 1.165) is 11.5 Å². The molecule has 2 heterocycles. The lowest BCUT2D eigenvalue weighted by Crippen LogP contribution is -2.29. The van der Waals surface area contributed by atoms with Crippen LogP contribution in [-0.4, -0.2) is 40.3 Å². The standard InChI is InChI=1S/C16H16Cl2N2O3/c1-9-4-12(23-19-9)5-11-7-20(8-15(11)21)16(22)10-2-3-13(17)14(18)6-10/h2-4,6,11,15,21H,5,7-8H2,1H3/t11-,15+/m1/s1. The smallest absolute Gasteiger partial charge is 0.254 e. The van der Waals surface area contributed by atoms with Gasteiger partial charge in [0.25, 0.3) is 5.91 Å². The molecule has 7 heteroatoms. The van der Waals surface area contributed by atoms with Gasteiger partial charge in [-0.1, -0.05) is 28.4 Å². The highest BCUT2D eigenvalue weighted by Gasteiger charge is 2.35. The van der Waals surface area contributed by atoms with Crippen LogP contribution < -0.4 is 0 Å². The molecule has 1 fully saturated rings. The Hall–Kier alpha value is -1.56. The maximum atomic E-state index is 12.5. The topological polar surface area (TPSA) is 66.6 Å². The predicted molar refractivity (Wildman–Crippen MR) is 86.8 cm³/mol. The van der Waals surface area contributed by atoms with E-state index in [1.165, 1.54) is 0 Å². The Bertz CT molecular complexity index is 732. The lowest BCUT2D eigenvalue weighted by molar-refractivity contribution is 0.0764. The number of rotatable bonds is 3. The Morgan fingerprint density at radius 3 is 2.78 bits per heavy atom. The number of carbonyl (C=O) groups excluding carboxylic acids is 1. The van der Waals surface area contributed by atoms with Gasteiger partial charge in [-0.3, -0.25) is 4.79 Å². The third kappa shape index (κ3) is 3.52. The molecule has 1 amide bonds. The summed E-state index contributed by atoms with van der Waals surface area (Å²) in [5.41, 5.74) is 1.26. The van der Waals surface area contributed by atoms with Crippen LogP contribution in [0, 0.1) is 12.8 Å². The SMILES string of the molecule is Cc1cc(C[C@@H]2CN(C(=O)c3ccc(Cl)c(Cl)c3)C[C@@H]2O)on1. The highest BCUT2D eigenvalue weighted by Crippen LogP contribution is 2.26. The zero-order valence-corrected chi connectivity index (χ0v) is 14.0. The number of halogens is 2. The molecule has 1 N–H and O–H groups in total. The molecule has 0 aliphatic carbocycles. The number of β-amino-alcohol motifs (C(OH)–C–C–N with tert-alkyl or cyclic N) is 1. The monoisotopic (exact) mass is 354 g/mol. The lowest BCUT2D eigenvalue weighted by atomic mass is 10.0. The van der Waals surface area contributed by atoms with Crippen molar-refractivity contribution in [2.24, 2.45) is 5.92 Å². The fourth-order valence-electron chi connectivity index (χ4n) is 2.80. The second kappa shape index (κ2) is 6.51. The maximum Gasteiger partial charge on any atom is 0.254 e. The van der Waals surface area contributed by atoms with Crippen LogP contribution in [0.5, 0.6) is 0 Å². The molecule has 1 aromatic heterocycles. The fraction of sp³-hybridized carbons (Fsp3) is 0.375. The van der Waals surface area contributed by atoms with Crippen molar-refractivity contribution in [1.29, 1.82) is 0 Å². The number of hydrogen-bond donors (Lipinski definition) is 1. The first-order valence-corrected chi connectivity index (χ1v) is 8.04. The van der Waals surface area contributed by atoms with Crippen molar-refractivity contribution in [3.05, 3.63) is 51.3 Å². The summed E-state index contributed by atoms with van der Waals surface area (Å²) < 4.78 is 5.19. The van der Waals surface area contributed by atoms with Crippen LogP contribution in [0.2, 0.25) is 10.0 Å². The summed E-state index contributed by atoms with van der Waals surface area (Å²) in [6, 6.07) is 6.62. The van der Waals surface area contributed by atoms with Gasteiger partial charge >= 0.3 is 0 Å². The van der Waals surface area contributed by atoms with Crippen LogP contribution in [0.1, 0.15) is 21.8 Å². The minimum atomic E-state index is -0.591. The number of nitrogens with zero attached hydrogens (tertiary/aromatic N) is 2. The number of aromatic nitrogens is 1. The van der Waals surface area contributed by atoms with Crippen LogP contribution >= 0.6 is 23.2 Å². The van der Waals surface area contributed by atoms with E-state index in [2.05, 4.69) is 5.16 Å². The van der Waals surface area contributed by atoms with Crippen LogP contribution in [0.3, 0.4) is 0 Å². The Kier molecular flexibility index (Phi) is 4.62. The first-order valence-electron chi connectivity index (χ1n) is 7.28. The van der Waals surface area contributed by atoms with Crippen molar-refractivity contribution < 1.29 is 14.4 Å². The first kappa shape index (κ1) is 16.3. The number of hydrogen-bond acceptors (Lipinski definition) is 4. The van der Waals surface area contributed by atoms with E-state index < -0.39 is 6.10 Å². The molecule has 0 radical (unpaired) electrons. The molecule has 23 heavy (non-hydrogen) atoms. The van der Waals surface area contributed by atoms with Crippen LogP contribution in [0.25, 0.3) is 0 Å². The normalized spacial score (nSPS) is 21.0. The van der Waals surface area contributed by atoms with E-state index in [-0.39, 0.29) is 18.4 Å². The van der Waals surface area contributed by atoms with Crippen LogP contribution in [-0.2, 0) is 6.42 Å². The molecule has 5 nitrogen and oxygen atoms in total. The number of aliphatic hydroxyl groups excluding tert-OH is 1. The van der Waals surface area contributed by atoms with Crippen molar-refractivity contribution in [1.82, 2.24) is 10.1 Å². The molecule has 1 aliphatic rings. The molecule has 0 saturated carbocycles. The molecule has 0 bridgehead atoms. The Labute approximate surface area is 143 Å². The summed E-state index contributed by atoms with van der Waals surface area (Å²) in [4.78, 5) is 14.2. The summed E-state index contributed by atoms with van der Waals surface area (Å²) >= 11 is 11.8. The molecule has 122 valence electrons. The number of aliphatic hydroxyl groups is 1. The summed E-state index contributed by atoms with van der Waals surface area (Å²) in [5, 5.41) is 14.8. The van der Waals surface area contributed by atoms with Gasteiger partial charge in [0.05, 0.1) is 21.8 Å². The van der Waals surface area contributed by atoms with Crippen molar-refractivity contribution in [3.8, 4) is 0 Å². The number of aryl methyl sites for hydroxylation is 1. The second-order valence-corrected chi connectivity index (χ2v) is 6.62. The van der Waals surface area contributed by atoms with Crippen molar-refractivity contribution in [2.75, 3.05) is 13.1 Å². The third-order valence-corrected chi connectivity index (χ3v) is 4.74. The van der Waals surface area contributed by atoms with E-state index in [1.54, 1.807) is 23.1 Å². The molecule has 1 saturated heterocycles.